The number of aryl methyl sites for hydroxylation is 1. The Morgan fingerprint density at radius 3 is 2.07 bits per heavy atom. The van der Waals surface area contributed by atoms with Crippen molar-refractivity contribution in [2.24, 2.45) is 0 Å². The van der Waals surface area contributed by atoms with Crippen LogP contribution in [0.2, 0.25) is 0 Å². The summed E-state index contributed by atoms with van der Waals surface area (Å²) in [6, 6.07) is 47.1. The van der Waals surface area contributed by atoms with Crippen molar-refractivity contribution in [3.63, 3.8) is 0 Å². The molecule has 0 aliphatic carbocycles. The van der Waals surface area contributed by atoms with Crippen LogP contribution in [0.4, 0.5) is 0 Å². The van der Waals surface area contributed by atoms with Gasteiger partial charge in [-0.2, -0.15) is 35.5 Å². The first kappa shape index (κ1) is 31.8. The molecule has 6 aromatic rings. The Hall–Kier alpha value is -2.61. The predicted octanol–water partition coefficient (Wildman–Crippen LogP) is 10.3. The second-order valence-electron chi connectivity index (χ2n) is 11.6. The normalized spacial score (nSPS) is 11.4. The summed E-state index contributed by atoms with van der Waals surface area (Å²) in [6.45, 7) is 9.17. The minimum absolute atomic E-state index is 0.0803. The van der Waals surface area contributed by atoms with E-state index < -0.39 is 20.8 Å². The van der Waals surface area contributed by atoms with Gasteiger partial charge in [0.15, 0.2) is 0 Å². The van der Waals surface area contributed by atoms with Crippen LogP contribution < -0.4 is 10.4 Å². The van der Waals surface area contributed by atoms with Crippen LogP contribution in [0.5, 0.6) is 0 Å². The monoisotopic (exact) mass is 690 g/mol. The van der Waals surface area contributed by atoms with Crippen LogP contribution in [0.15, 0.2) is 121 Å². The van der Waals surface area contributed by atoms with Gasteiger partial charge < -0.3 is 0 Å². The fourth-order valence-corrected chi connectivity index (χ4v) is 7.07. The van der Waals surface area contributed by atoms with Gasteiger partial charge in [-0.3, -0.25) is 0 Å². The Morgan fingerprint density at radius 2 is 1.37 bits per heavy atom. The van der Waals surface area contributed by atoms with E-state index >= 15 is 0 Å². The summed E-state index contributed by atoms with van der Waals surface area (Å²) in [4.78, 5) is 0. The Bertz CT molecular complexity index is 1770. The first-order chi connectivity index (χ1) is 20.9. The average Bonchev–Trinajstić information content (AvgIpc) is 3.63. The summed E-state index contributed by atoms with van der Waals surface area (Å²) in [7, 11) is 10.7. The van der Waals surface area contributed by atoms with Gasteiger partial charge in [-0.25, -0.2) is 0 Å². The largest absolute Gasteiger partial charge is 0.184 e. The fourth-order valence-electron chi connectivity index (χ4n) is 5.76. The van der Waals surface area contributed by atoms with E-state index in [2.05, 4.69) is 149 Å². The van der Waals surface area contributed by atoms with Gasteiger partial charge in [-0.1, -0.05) is 128 Å². The zero-order valence-corrected chi connectivity index (χ0v) is 30.0. The molecule has 0 aromatic heterocycles. The molecule has 212 valence electrons. The summed E-state index contributed by atoms with van der Waals surface area (Å²) in [5, 5.41) is 5.55. The van der Waals surface area contributed by atoms with E-state index in [1.54, 1.807) is 0 Å². The van der Waals surface area contributed by atoms with Gasteiger partial charge in [0.05, 0.1) is 9.52 Å². The summed E-state index contributed by atoms with van der Waals surface area (Å²) >= 11 is -0.826. The first-order valence-corrected chi connectivity index (χ1v) is 21.9. The van der Waals surface area contributed by atoms with Gasteiger partial charge in [0.25, 0.3) is 0 Å². The number of hydrogen-bond acceptors (Lipinski definition) is 0. The molecule has 0 unspecified atom stereocenters. The molecule has 0 saturated carbocycles. The van der Waals surface area contributed by atoms with E-state index in [1.807, 2.05) is 6.07 Å². The molecule has 1 heterocycles. The predicted molar refractivity (Wildman–Crippen MR) is 186 cm³/mol. The van der Waals surface area contributed by atoms with Gasteiger partial charge in [0.2, 0.25) is 0 Å². The summed E-state index contributed by atoms with van der Waals surface area (Å²) in [5.74, 6) is 0. The molecule has 0 saturated heterocycles. The van der Waals surface area contributed by atoms with Gasteiger partial charge in [0, 0.05) is 0 Å². The van der Waals surface area contributed by atoms with Crippen LogP contribution in [-0.2, 0) is 32.7 Å². The Morgan fingerprint density at radius 1 is 0.744 bits per heavy atom. The van der Waals surface area contributed by atoms with Crippen LogP contribution in [0.3, 0.4) is 0 Å². The molecule has 2 radical (unpaired) electrons. The van der Waals surface area contributed by atoms with Crippen molar-refractivity contribution in [1.82, 2.24) is 0 Å². The second-order valence-corrected chi connectivity index (χ2v) is 16.6. The third kappa shape index (κ3) is 7.21. The quantitative estimate of drug-likeness (QED) is 0.128. The Labute approximate surface area is 278 Å². The molecule has 0 fully saturated rings. The molecule has 0 nitrogen and oxygen atoms in total. The van der Waals surface area contributed by atoms with E-state index in [4.69, 9.17) is 17.0 Å². The van der Waals surface area contributed by atoms with Gasteiger partial charge in [0.1, 0.15) is 0 Å². The molecule has 4 heteroatoms. The molecule has 0 bridgehead atoms. The van der Waals surface area contributed by atoms with Crippen LogP contribution in [0.25, 0.3) is 44.2 Å². The minimum Gasteiger partial charge on any atom is -0.184 e. The standard InChI is InChI=1S/C27H27.C12H7Si.2ClH.Zr/c1-5-19-17-21-15-16-25(27(2,3)4)26(24(21)18-19)23-14-10-9-13-22(23)20-11-7-6-8-12-20;1-3-7-11-9(5-1)10-6-2-4-8-12(10)13-11;;;/h6-18H,5H2,1-4H3;1-7H;2*1H;/q2*-1;;;+4/p-2. The van der Waals surface area contributed by atoms with Crippen LogP contribution >= 0.6 is 17.0 Å². The number of halogens is 2. The van der Waals surface area contributed by atoms with Crippen LogP contribution in [-0.4, -0.2) is 9.52 Å². The van der Waals surface area contributed by atoms with Crippen molar-refractivity contribution in [2.45, 2.75) is 39.5 Å². The van der Waals surface area contributed by atoms with Crippen LogP contribution in [0, 0.1) is 6.07 Å². The number of hydrogen-bond donors (Lipinski definition) is 0. The van der Waals surface area contributed by atoms with E-state index in [0.717, 1.165) is 15.9 Å². The maximum Gasteiger partial charge on any atom is 0.0920 e. The van der Waals surface area contributed by atoms with E-state index in [-0.39, 0.29) is 5.41 Å². The summed E-state index contributed by atoms with van der Waals surface area (Å²) < 4.78 is 0. The van der Waals surface area contributed by atoms with Gasteiger partial charge in [-0.05, 0) is 28.5 Å². The molecule has 6 aromatic carbocycles. The number of benzene rings is 5. The zero-order chi connectivity index (χ0) is 30.4. The SMILES string of the molecule is CCc1cc2c(-c3ccccc3-c3ccccc3)c(C(C)(C)C)ccc2[cH-]1.[Cl][Zr+2][Cl].[c-]1cccc2c1[Si]c1ccccc1-2. The summed E-state index contributed by atoms with van der Waals surface area (Å²) in [6.07, 6.45) is 1.07. The Balaban J connectivity index is 0.000000190. The van der Waals surface area contributed by atoms with Crippen molar-refractivity contribution >= 4 is 47.7 Å². The maximum atomic E-state index is 4.93. The minimum atomic E-state index is -0.826. The molecular weight excluding hydrogens is 659 g/mol. The van der Waals surface area contributed by atoms with Crippen molar-refractivity contribution in [3.8, 4) is 33.4 Å². The Kier molecular flexibility index (Phi) is 10.7. The van der Waals surface area contributed by atoms with E-state index in [1.165, 1.54) is 65.7 Å². The van der Waals surface area contributed by atoms with Crippen molar-refractivity contribution in [3.05, 3.63) is 139 Å². The van der Waals surface area contributed by atoms with Crippen molar-refractivity contribution in [2.75, 3.05) is 0 Å². The molecule has 43 heavy (non-hydrogen) atoms. The molecule has 0 N–H and O–H groups in total. The van der Waals surface area contributed by atoms with Gasteiger partial charge in [-0.15, -0.1) is 40.1 Å². The average molecular weight is 693 g/mol. The zero-order valence-electron chi connectivity index (χ0n) is 25.0. The molecule has 0 atom stereocenters. The fraction of sp³-hybridized carbons (Fsp3) is 0.154. The maximum absolute atomic E-state index is 4.93. The third-order valence-electron chi connectivity index (χ3n) is 7.78. The molecule has 7 rings (SSSR count). The smallest absolute Gasteiger partial charge is 0.0920 e. The summed E-state index contributed by atoms with van der Waals surface area (Å²) in [5.41, 5.74) is 11.0. The first-order valence-electron chi connectivity index (χ1n) is 14.6. The molecule has 0 amide bonds. The second kappa shape index (κ2) is 14.4. The number of fused-ring (bicyclic) bond motifs is 4. The molecule has 1 aliphatic heterocycles. The molecular formula is C39H34Cl2SiZr. The molecule has 1 aliphatic rings. The van der Waals surface area contributed by atoms with Crippen molar-refractivity contribution in [1.29, 1.82) is 0 Å². The third-order valence-corrected chi connectivity index (χ3v) is 9.15. The number of rotatable bonds is 3. The van der Waals surface area contributed by atoms with E-state index in [0.29, 0.717) is 0 Å². The topological polar surface area (TPSA) is 0 Å². The van der Waals surface area contributed by atoms with Crippen molar-refractivity contribution < 1.29 is 20.8 Å². The van der Waals surface area contributed by atoms with Gasteiger partial charge >= 0.3 is 37.9 Å². The van der Waals surface area contributed by atoms with Crippen LogP contribution in [0.1, 0.15) is 38.8 Å². The molecule has 0 spiro atoms. The van der Waals surface area contributed by atoms with E-state index in [9.17, 15) is 0 Å².